The molecule has 6 heteroatoms. The molecule has 0 aromatic heterocycles. The second-order valence-electron chi connectivity index (χ2n) is 16.1. The molecule has 8 saturated carbocycles. The first kappa shape index (κ1) is 28.4. The summed E-state index contributed by atoms with van der Waals surface area (Å²) >= 11 is 0. The van der Waals surface area contributed by atoms with Gasteiger partial charge in [0.2, 0.25) is 0 Å². The number of carboxylic acids is 2. The summed E-state index contributed by atoms with van der Waals surface area (Å²) in [7, 11) is 0. The third kappa shape index (κ3) is 4.74. The molecule has 0 amide bonds. The molecule has 0 spiro atoms. The number of benzene rings is 3. The second-order valence-corrected chi connectivity index (χ2v) is 16.1. The molecule has 0 unspecified atom stereocenters. The summed E-state index contributed by atoms with van der Waals surface area (Å²) in [5.74, 6) is 5.77. The van der Waals surface area contributed by atoms with Crippen molar-refractivity contribution in [2.45, 2.75) is 87.9 Å². The highest BCUT2D eigenvalue weighted by molar-refractivity contribution is 5.88. The maximum atomic E-state index is 11.6. The van der Waals surface area contributed by atoms with Crippen LogP contribution in [0.15, 0.2) is 60.7 Å². The first-order valence-corrected chi connectivity index (χ1v) is 17.4. The van der Waals surface area contributed by atoms with Crippen molar-refractivity contribution in [3.8, 4) is 23.0 Å². The monoisotopic (exact) mass is 618 g/mol. The maximum absolute atomic E-state index is 11.6. The van der Waals surface area contributed by atoms with E-state index in [1.165, 1.54) is 88.2 Å². The predicted octanol–water partition coefficient (Wildman–Crippen LogP) is 9.60. The molecule has 3 aromatic carbocycles. The largest absolute Gasteiger partial charge is 0.478 e. The van der Waals surface area contributed by atoms with Gasteiger partial charge in [-0.1, -0.05) is 0 Å². The smallest absolute Gasteiger partial charge is 0.335 e. The third-order valence-corrected chi connectivity index (χ3v) is 13.0. The van der Waals surface area contributed by atoms with Gasteiger partial charge in [-0.15, -0.1) is 0 Å². The number of carbonyl (C=O) groups is 2. The third-order valence-electron chi connectivity index (χ3n) is 13.0. The molecule has 8 bridgehead atoms. The van der Waals surface area contributed by atoms with E-state index in [4.69, 9.17) is 9.47 Å². The van der Waals surface area contributed by atoms with Crippen LogP contribution in [-0.4, -0.2) is 22.2 Å². The standard InChI is InChI=1S/C40H42O6/c41-37(42)29-1-5-31(6-2-29)45-35-15-34(40-20-26-12-27(21-40)14-28(13-26)22-40)36(46-32-7-3-30(4-8-32)38(43)44)16-33(35)39-17-23-9-24(18-39)11-25(10-23)19-39/h1-8,15-16,23-28H,9-14,17-22H2,(H,41,42)(H,43,44). The number of hydrogen-bond donors (Lipinski definition) is 2. The van der Waals surface area contributed by atoms with Gasteiger partial charge in [-0.05, 0) is 184 Å². The van der Waals surface area contributed by atoms with Crippen molar-refractivity contribution in [1.29, 1.82) is 0 Å². The van der Waals surface area contributed by atoms with Crippen LogP contribution >= 0.6 is 0 Å². The van der Waals surface area contributed by atoms with Gasteiger partial charge in [0.25, 0.3) is 0 Å². The van der Waals surface area contributed by atoms with Gasteiger partial charge < -0.3 is 19.7 Å². The highest BCUT2D eigenvalue weighted by atomic mass is 16.5. The molecule has 2 N–H and O–H groups in total. The molecule has 238 valence electrons. The predicted molar refractivity (Wildman–Crippen MR) is 173 cm³/mol. The van der Waals surface area contributed by atoms with E-state index >= 15 is 0 Å². The normalized spacial score (nSPS) is 34.9. The Labute approximate surface area is 270 Å². The maximum Gasteiger partial charge on any atom is 0.335 e. The average Bonchev–Trinajstić information content (AvgIpc) is 3.01. The van der Waals surface area contributed by atoms with Crippen LogP contribution < -0.4 is 9.47 Å². The van der Waals surface area contributed by atoms with E-state index < -0.39 is 11.9 Å². The molecule has 11 rings (SSSR count). The number of hydrogen-bond acceptors (Lipinski definition) is 4. The minimum Gasteiger partial charge on any atom is -0.478 e. The fourth-order valence-electron chi connectivity index (χ4n) is 12.0. The van der Waals surface area contributed by atoms with E-state index in [0.29, 0.717) is 11.5 Å². The van der Waals surface area contributed by atoms with Gasteiger partial charge in [0.15, 0.2) is 0 Å². The minimum absolute atomic E-state index is 0.0381. The Morgan fingerprint density at radius 3 is 1.04 bits per heavy atom. The molecule has 8 aliphatic carbocycles. The number of carboxylic acid groups (broad SMARTS) is 2. The van der Waals surface area contributed by atoms with Gasteiger partial charge in [-0.3, -0.25) is 0 Å². The van der Waals surface area contributed by atoms with Crippen LogP contribution in [0.5, 0.6) is 23.0 Å². The van der Waals surface area contributed by atoms with Crippen molar-refractivity contribution in [2.24, 2.45) is 35.5 Å². The molecule has 8 fully saturated rings. The molecule has 0 atom stereocenters. The molecule has 0 radical (unpaired) electrons. The Kier molecular flexibility index (Phi) is 6.40. The van der Waals surface area contributed by atoms with E-state index in [1.54, 1.807) is 48.5 Å². The number of ether oxygens (including phenoxy) is 2. The second kappa shape index (κ2) is 10.4. The van der Waals surface area contributed by atoms with E-state index in [1.807, 2.05) is 0 Å². The lowest BCUT2D eigenvalue weighted by Gasteiger charge is -2.58. The first-order valence-electron chi connectivity index (χ1n) is 17.4. The topological polar surface area (TPSA) is 93.1 Å². The Hall–Kier alpha value is -3.80. The molecule has 6 nitrogen and oxygen atoms in total. The fraction of sp³-hybridized carbons (Fsp3) is 0.500. The fourth-order valence-corrected chi connectivity index (χ4v) is 12.0. The molecule has 0 heterocycles. The lowest BCUT2D eigenvalue weighted by molar-refractivity contribution is -0.00824. The van der Waals surface area contributed by atoms with Gasteiger partial charge in [-0.2, -0.15) is 0 Å². The lowest BCUT2D eigenvalue weighted by Crippen LogP contribution is -2.49. The van der Waals surface area contributed by atoms with Crippen molar-refractivity contribution < 1.29 is 29.3 Å². The van der Waals surface area contributed by atoms with Crippen molar-refractivity contribution in [3.05, 3.63) is 82.9 Å². The van der Waals surface area contributed by atoms with Crippen LogP contribution in [0.2, 0.25) is 0 Å². The summed E-state index contributed by atoms with van der Waals surface area (Å²) in [6, 6.07) is 18.3. The Balaban J connectivity index is 1.20. The van der Waals surface area contributed by atoms with Crippen LogP contribution in [0.3, 0.4) is 0 Å². The van der Waals surface area contributed by atoms with Crippen LogP contribution in [0.4, 0.5) is 0 Å². The van der Waals surface area contributed by atoms with Crippen molar-refractivity contribution in [3.63, 3.8) is 0 Å². The summed E-state index contributed by atoms with van der Waals surface area (Å²) in [6.45, 7) is 0. The molecule has 0 aliphatic heterocycles. The van der Waals surface area contributed by atoms with Crippen molar-refractivity contribution in [1.82, 2.24) is 0 Å². The van der Waals surface area contributed by atoms with Crippen LogP contribution in [0.25, 0.3) is 0 Å². The van der Waals surface area contributed by atoms with Crippen LogP contribution in [0.1, 0.15) is 109 Å². The van der Waals surface area contributed by atoms with E-state index in [-0.39, 0.29) is 22.0 Å². The zero-order chi connectivity index (χ0) is 31.2. The van der Waals surface area contributed by atoms with Crippen molar-refractivity contribution >= 4 is 11.9 Å². The summed E-state index contributed by atoms with van der Waals surface area (Å²) in [5.41, 5.74) is 3.05. The summed E-state index contributed by atoms with van der Waals surface area (Å²) < 4.78 is 13.7. The van der Waals surface area contributed by atoms with Gasteiger partial charge in [0.1, 0.15) is 23.0 Å². The van der Waals surface area contributed by atoms with Gasteiger partial charge in [-0.25, -0.2) is 9.59 Å². The Morgan fingerprint density at radius 2 is 0.783 bits per heavy atom. The summed E-state index contributed by atoms with van der Waals surface area (Å²) in [5, 5.41) is 19.0. The van der Waals surface area contributed by atoms with E-state index in [0.717, 1.165) is 47.0 Å². The molecule has 0 saturated heterocycles. The van der Waals surface area contributed by atoms with Gasteiger partial charge >= 0.3 is 11.9 Å². The highest BCUT2D eigenvalue weighted by Crippen LogP contribution is 2.65. The van der Waals surface area contributed by atoms with E-state index in [2.05, 4.69) is 12.1 Å². The van der Waals surface area contributed by atoms with Gasteiger partial charge in [0.05, 0.1) is 11.1 Å². The summed E-state index contributed by atoms with van der Waals surface area (Å²) in [6.07, 6.45) is 15.1. The average molecular weight is 619 g/mol. The number of aromatic carboxylic acids is 2. The molecule has 3 aromatic rings. The van der Waals surface area contributed by atoms with Crippen LogP contribution in [-0.2, 0) is 10.8 Å². The van der Waals surface area contributed by atoms with Gasteiger partial charge in [0, 0.05) is 11.1 Å². The van der Waals surface area contributed by atoms with Crippen LogP contribution in [0, 0.1) is 35.5 Å². The SMILES string of the molecule is O=C(O)c1ccc(Oc2cc(C34CC5CC(CC(C5)C3)C4)c(Oc3ccc(C(=O)O)cc3)cc2C23CC4CC(CC(C4)C2)C3)cc1. The molecule has 8 aliphatic rings. The lowest BCUT2D eigenvalue weighted by atomic mass is 9.47. The Bertz CT molecular complexity index is 1500. The molecule has 46 heavy (non-hydrogen) atoms. The zero-order valence-corrected chi connectivity index (χ0v) is 26.3. The van der Waals surface area contributed by atoms with Crippen molar-refractivity contribution in [2.75, 3.05) is 0 Å². The Morgan fingerprint density at radius 1 is 0.500 bits per heavy atom. The quantitative estimate of drug-likeness (QED) is 0.261. The highest BCUT2D eigenvalue weighted by Gasteiger charge is 2.55. The van der Waals surface area contributed by atoms with E-state index in [9.17, 15) is 19.8 Å². The molecular formula is C40H42O6. The summed E-state index contributed by atoms with van der Waals surface area (Å²) in [4.78, 5) is 23.2. The minimum atomic E-state index is -0.942. The zero-order valence-electron chi connectivity index (χ0n) is 26.3. The first-order chi connectivity index (χ1) is 22.2. The molecular weight excluding hydrogens is 576 g/mol. The number of rotatable bonds is 8.